The second-order valence-corrected chi connectivity index (χ2v) is 4.64. The molecule has 0 aliphatic heterocycles. The lowest BCUT2D eigenvalue weighted by molar-refractivity contribution is -0.120. The normalized spacial score (nSPS) is 12.0. The molecule has 108 valence electrons. The van der Waals surface area contributed by atoms with E-state index in [1.807, 2.05) is 13.8 Å². The van der Waals surface area contributed by atoms with Crippen LogP contribution in [0.4, 0.5) is 19.0 Å². The fraction of sp³-hybridized carbons (Fsp3) is 0.667. The number of alkyl halides is 3. The summed E-state index contributed by atoms with van der Waals surface area (Å²) in [5.74, 6) is 0.725. The summed E-state index contributed by atoms with van der Waals surface area (Å²) in [5.41, 5.74) is 0.610. The number of nitrogens with zero attached hydrogens (tertiary/aromatic N) is 3. The van der Waals surface area contributed by atoms with Crippen LogP contribution in [0.5, 0.6) is 0 Å². The molecule has 0 saturated heterocycles. The van der Waals surface area contributed by atoms with Crippen molar-refractivity contribution in [2.45, 2.75) is 32.9 Å². The van der Waals surface area contributed by atoms with Crippen LogP contribution in [0.2, 0.25) is 0 Å². The van der Waals surface area contributed by atoms with Crippen molar-refractivity contribution in [3.8, 4) is 0 Å². The summed E-state index contributed by atoms with van der Waals surface area (Å²) in [4.78, 5) is 9.35. The first-order valence-electron chi connectivity index (χ1n) is 6.01. The van der Waals surface area contributed by atoms with Crippen LogP contribution in [-0.4, -0.2) is 40.9 Å². The molecule has 7 heteroatoms. The molecule has 1 aromatic heterocycles. The van der Waals surface area contributed by atoms with Crippen molar-refractivity contribution in [3.63, 3.8) is 0 Å². The molecular weight excluding hydrogens is 259 g/mol. The molecule has 0 aliphatic rings. The van der Waals surface area contributed by atoms with E-state index in [-0.39, 0.29) is 24.9 Å². The molecule has 0 aromatic carbocycles. The zero-order valence-corrected chi connectivity index (χ0v) is 11.2. The van der Waals surface area contributed by atoms with Gasteiger partial charge in [-0.05, 0) is 6.92 Å². The molecule has 0 amide bonds. The summed E-state index contributed by atoms with van der Waals surface area (Å²) in [7, 11) is 0. The molecule has 0 bridgehead atoms. The second-order valence-electron chi connectivity index (χ2n) is 4.64. The van der Waals surface area contributed by atoms with E-state index in [1.54, 1.807) is 6.92 Å². The Balaban J connectivity index is 3.07. The van der Waals surface area contributed by atoms with Crippen molar-refractivity contribution < 1.29 is 18.3 Å². The van der Waals surface area contributed by atoms with Crippen molar-refractivity contribution in [3.05, 3.63) is 17.6 Å². The van der Waals surface area contributed by atoms with Crippen molar-refractivity contribution in [1.82, 2.24) is 9.97 Å². The van der Waals surface area contributed by atoms with Gasteiger partial charge in [0.2, 0.25) is 0 Å². The fourth-order valence-electron chi connectivity index (χ4n) is 1.61. The Labute approximate surface area is 110 Å². The Morgan fingerprint density at radius 3 is 2.42 bits per heavy atom. The molecule has 0 unspecified atom stereocenters. The van der Waals surface area contributed by atoms with E-state index < -0.39 is 12.7 Å². The third kappa shape index (κ3) is 5.02. The second kappa shape index (κ2) is 6.18. The third-order valence-corrected chi connectivity index (χ3v) is 2.44. The van der Waals surface area contributed by atoms with E-state index in [0.29, 0.717) is 11.5 Å². The highest BCUT2D eigenvalue weighted by atomic mass is 19.4. The van der Waals surface area contributed by atoms with E-state index in [2.05, 4.69) is 9.97 Å². The van der Waals surface area contributed by atoms with E-state index in [1.165, 1.54) is 6.07 Å². The Morgan fingerprint density at radius 2 is 1.95 bits per heavy atom. The monoisotopic (exact) mass is 277 g/mol. The van der Waals surface area contributed by atoms with Gasteiger partial charge >= 0.3 is 6.18 Å². The van der Waals surface area contributed by atoms with Crippen molar-refractivity contribution in [1.29, 1.82) is 0 Å². The maximum atomic E-state index is 12.5. The zero-order chi connectivity index (χ0) is 14.6. The lowest BCUT2D eigenvalue weighted by Crippen LogP contribution is -2.37. The standard InChI is InChI=1S/C12H18F3N3O/c1-8(2)11-16-9(3)6-10(17-11)18(4-5-19)7-12(13,14)15/h6,8,19H,4-5,7H2,1-3H3. The minimum Gasteiger partial charge on any atom is -0.395 e. The van der Waals surface area contributed by atoms with Gasteiger partial charge in [-0.1, -0.05) is 13.8 Å². The van der Waals surface area contributed by atoms with Crippen molar-refractivity contribution in [2.75, 3.05) is 24.6 Å². The summed E-state index contributed by atoms with van der Waals surface area (Å²) in [6.45, 7) is 3.84. The SMILES string of the molecule is Cc1cc(N(CCO)CC(F)(F)F)nc(C(C)C)n1. The Morgan fingerprint density at radius 1 is 1.32 bits per heavy atom. The number of halogens is 3. The van der Waals surface area contributed by atoms with Crippen LogP contribution < -0.4 is 4.90 Å². The van der Waals surface area contributed by atoms with Gasteiger partial charge in [-0.3, -0.25) is 0 Å². The molecule has 0 radical (unpaired) electrons. The van der Waals surface area contributed by atoms with E-state index >= 15 is 0 Å². The quantitative estimate of drug-likeness (QED) is 0.897. The van der Waals surface area contributed by atoms with E-state index in [9.17, 15) is 13.2 Å². The Kier molecular flexibility index (Phi) is 5.11. The van der Waals surface area contributed by atoms with Gasteiger partial charge in [0.05, 0.1) is 6.61 Å². The number of aliphatic hydroxyl groups is 1. The molecule has 1 aromatic rings. The molecule has 19 heavy (non-hydrogen) atoms. The smallest absolute Gasteiger partial charge is 0.395 e. The van der Waals surface area contributed by atoms with Gasteiger partial charge < -0.3 is 10.0 Å². The average molecular weight is 277 g/mol. The molecule has 0 spiro atoms. The van der Waals surface area contributed by atoms with Gasteiger partial charge in [-0.15, -0.1) is 0 Å². The summed E-state index contributed by atoms with van der Waals surface area (Å²) in [6.07, 6.45) is -4.34. The lowest BCUT2D eigenvalue weighted by atomic mass is 10.2. The number of rotatable bonds is 5. The van der Waals surface area contributed by atoms with Crippen LogP contribution in [0.25, 0.3) is 0 Å². The van der Waals surface area contributed by atoms with Crippen LogP contribution >= 0.6 is 0 Å². The summed E-state index contributed by atoms with van der Waals surface area (Å²) in [6, 6.07) is 1.49. The summed E-state index contributed by atoms with van der Waals surface area (Å²) >= 11 is 0. The van der Waals surface area contributed by atoms with Crippen LogP contribution in [0.15, 0.2) is 6.07 Å². The van der Waals surface area contributed by atoms with Crippen LogP contribution in [0.3, 0.4) is 0 Å². The number of aryl methyl sites for hydroxylation is 1. The molecule has 1 N–H and O–H groups in total. The minimum atomic E-state index is -4.34. The largest absolute Gasteiger partial charge is 0.405 e. The third-order valence-electron chi connectivity index (χ3n) is 2.44. The molecule has 1 heterocycles. The molecule has 0 fully saturated rings. The van der Waals surface area contributed by atoms with Crippen LogP contribution in [0, 0.1) is 6.92 Å². The molecule has 1 rings (SSSR count). The Hall–Kier alpha value is -1.37. The van der Waals surface area contributed by atoms with Crippen LogP contribution in [-0.2, 0) is 0 Å². The summed E-state index contributed by atoms with van der Waals surface area (Å²) in [5, 5.41) is 8.89. The molecule has 0 atom stereocenters. The fourth-order valence-corrected chi connectivity index (χ4v) is 1.61. The number of aromatic nitrogens is 2. The van der Waals surface area contributed by atoms with Gasteiger partial charge in [0.15, 0.2) is 0 Å². The Bertz CT molecular complexity index is 421. The van der Waals surface area contributed by atoms with Crippen molar-refractivity contribution >= 4 is 5.82 Å². The first-order chi connectivity index (χ1) is 8.73. The van der Waals surface area contributed by atoms with Crippen molar-refractivity contribution in [2.24, 2.45) is 0 Å². The first-order valence-corrected chi connectivity index (χ1v) is 6.01. The van der Waals surface area contributed by atoms with E-state index in [4.69, 9.17) is 5.11 Å². The number of aliphatic hydroxyl groups excluding tert-OH is 1. The number of hydrogen-bond donors (Lipinski definition) is 1. The van der Waals surface area contributed by atoms with Gasteiger partial charge in [0.1, 0.15) is 18.2 Å². The van der Waals surface area contributed by atoms with Crippen LogP contribution in [0.1, 0.15) is 31.3 Å². The molecule has 4 nitrogen and oxygen atoms in total. The van der Waals surface area contributed by atoms with Gasteiger partial charge in [0, 0.05) is 24.2 Å². The predicted octanol–water partition coefficient (Wildman–Crippen LogP) is 2.27. The highest BCUT2D eigenvalue weighted by Gasteiger charge is 2.31. The van der Waals surface area contributed by atoms with Gasteiger partial charge in [-0.25, -0.2) is 9.97 Å². The maximum Gasteiger partial charge on any atom is 0.405 e. The van der Waals surface area contributed by atoms with Gasteiger partial charge in [0.25, 0.3) is 0 Å². The highest BCUT2D eigenvalue weighted by Crippen LogP contribution is 2.22. The molecule has 0 saturated carbocycles. The first kappa shape index (κ1) is 15.7. The topological polar surface area (TPSA) is 49.2 Å². The summed E-state index contributed by atoms with van der Waals surface area (Å²) < 4.78 is 37.5. The van der Waals surface area contributed by atoms with E-state index in [0.717, 1.165) is 4.90 Å². The molecular formula is C12H18F3N3O. The van der Waals surface area contributed by atoms with Gasteiger partial charge in [-0.2, -0.15) is 13.2 Å². The average Bonchev–Trinajstić information content (AvgIpc) is 2.25. The highest BCUT2D eigenvalue weighted by molar-refractivity contribution is 5.40. The zero-order valence-electron chi connectivity index (χ0n) is 11.2. The number of anilines is 1. The minimum absolute atomic E-state index is 0.0283. The maximum absolute atomic E-state index is 12.5. The lowest BCUT2D eigenvalue weighted by Gasteiger charge is -2.25. The number of hydrogen-bond acceptors (Lipinski definition) is 4. The predicted molar refractivity (Wildman–Crippen MR) is 66.2 cm³/mol. The molecule has 0 aliphatic carbocycles.